The van der Waals surface area contributed by atoms with E-state index in [-0.39, 0.29) is 5.82 Å². The van der Waals surface area contributed by atoms with Gasteiger partial charge in [-0.2, -0.15) is 0 Å². The van der Waals surface area contributed by atoms with Gasteiger partial charge in [0.25, 0.3) is 0 Å². The van der Waals surface area contributed by atoms with E-state index < -0.39 is 0 Å². The van der Waals surface area contributed by atoms with Gasteiger partial charge in [0.2, 0.25) is 0 Å². The van der Waals surface area contributed by atoms with Crippen molar-refractivity contribution in [3.8, 4) is 0 Å². The summed E-state index contributed by atoms with van der Waals surface area (Å²) in [5.74, 6) is -0.141. The SMILES string of the molecule is COC1CCN(Cc2ccc(F)c(C)c2)C(CN)C1. The molecule has 0 aromatic heterocycles. The summed E-state index contributed by atoms with van der Waals surface area (Å²) in [6.07, 6.45) is 2.33. The molecule has 1 fully saturated rings. The number of piperidine rings is 1. The van der Waals surface area contributed by atoms with E-state index in [0.717, 1.165) is 31.5 Å². The van der Waals surface area contributed by atoms with Gasteiger partial charge < -0.3 is 10.5 Å². The minimum Gasteiger partial charge on any atom is -0.381 e. The molecule has 0 radical (unpaired) electrons. The minimum absolute atomic E-state index is 0.141. The second-order valence-electron chi connectivity index (χ2n) is 5.33. The largest absolute Gasteiger partial charge is 0.381 e. The molecule has 0 amide bonds. The lowest BCUT2D eigenvalue weighted by molar-refractivity contribution is 0.0102. The molecule has 106 valence electrons. The highest BCUT2D eigenvalue weighted by Crippen LogP contribution is 2.22. The van der Waals surface area contributed by atoms with Crippen LogP contribution in [0.2, 0.25) is 0 Å². The number of rotatable bonds is 4. The Balaban J connectivity index is 2.03. The first kappa shape index (κ1) is 14.4. The number of ether oxygens (including phenoxy) is 1. The Labute approximate surface area is 114 Å². The van der Waals surface area contributed by atoms with Crippen LogP contribution in [0.15, 0.2) is 18.2 Å². The lowest BCUT2D eigenvalue weighted by atomic mass is 9.98. The van der Waals surface area contributed by atoms with Gasteiger partial charge in [-0.1, -0.05) is 12.1 Å². The molecule has 1 aliphatic rings. The van der Waals surface area contributed by atoms with Crippen LogP contribution in [0.3, 0.4) is 0 Å². The number of benzene rings is 1. The quantitative estimate of drug-likeness (QED) is 0.906. The predicted octanol–water partition coefficient (Wildman–Crippen LogP) is 2.07. The van der Waals surface area contributed by atoms with Gasteiger partial charge in [-0.05, 0) is 37.0 Å². The Morgan fingerprint density at radius 1 is 1.47 bits per heavy atom. The van der Waals surface area contributed by atoms with E-state index in [1.54, 1.807) is 20.1 Å². The molecule has 19 heavy (non-hydrogen) atoms. The maximum Gasteiger partial charge on any atom is 0.126 e. The molecule has 2 rings (SSSR count). The van der Waals surface area contributed by atoms with Crippen LogP contribution in [0, 0.1) is 12.7 Å². The number of nitrogens with two attached hydrogens (primary N) is 1. The van der Waals surface area contributed by atoms with E-state index in [1.165, 1.54) is 0 Å². The van der Waals surface area contributed by atoms with Crippen LogP contribution in [-0.4, -0.2) is 37.2 Å². The van der Waals surface area contributed by atoms with Crippen LogP contribution in [0.1, 0.15) is 24.0 Å². The minimum atomic E-state index is -0.141. The molecule has 2 atom stereocenters. The molecule has 0 saturated carbocycles. The molecular weight excluding hydrogens is 243 g/mol. The molecule has 4 heteroatoms. The Bertz CT molecular complexity index is 425. The standard InChI is InChI=1S/C15H23FN2O/c1-11-7-12(3-4-15(11)16)10-18-6-5-14(19-2)8-13(18)9-17/h3-4,7,13-14H,5-6,8-10,17H2,1-2H3. The van der Waals surface area contributed by atoms with Crippen molar-refractivity contribution in [2.45, 2.75) is 38.5 Å². The van der Waals surface area contributed by atoms with Crippen LogP contribution in [0.25, 0.3) is 0 Å². The molecule has 3 nitrogen and oxygen atoms in total. The first-order chi connectivity index (χ1) is 9.13. The van der Waals surface area contributed by atoms with Gasteiger partial charge in [-0.25, -0.2) is 4.39 Å². The van der Waals surface area contributed by atoms with Gasteiger partial charge in [0.1, 0.15) is 5.82 Å². The fourth-order valence-corrected chi connectivity index (χ4v) is 2.77. The van der Waals surface area contributed by atoms with Crippen LogP contribution >= 0.6 is 0 Å². The second kappa shape index (κ2) is 6.46. The third kappa shape index (κ3) is 3.53. The average molecular weight is 266 g/mol. The monoisotopic (exact) mass is 266 g/mol. The first-order valence-electron chi connectivity index (χ1n) is 6.86. The van der Waals surface area contributed by atoms with E-state index in [4.69, 9.17) is 10.5 Å². The lowest BCUT2D eigenvalue weighted by Gasteiger charge is -2.38. The smallest absolute Gasteiger partial charge is 0.126 e. The van der Waals surface area contributed by atoms with Crippen molar-refractivity contribution in [2.24, 2.45) is 5.73 Å². The summed E-state index contributed by atoms with van der Waals surface area (Å²) in [4.78, 5) is 2.38. The normalized spacial score (nSPS) is 24.6. The second-order valence-corrected chi connectivity index (χ2v) is 5.33. The summed E-state index contributed by atoms with van der Waals surface area (Å²) in [6.45, 7) is 4.26. The molecule has 0 spiro atoms. The third-order valence-electron chi connectivity index (χ3n) is 4.00. The third-order valence-corrected chi connectivity index (χ3v) is 4.00. The van der Waals surface area contributed by atoms with Crippen LogP contribution in [0.4, 0.5) is 4.39 Å². The van der Waals surface area contributed by atoms with Crippen molar-refractivity contribution in [1.29, 1.82) is 0 Å². The van der Waals surface area contributed by atoms with Crippen molar-refractivity contribution in [3.63, 3.8) is 0 Å². The highest BCUT2D eigenvalue weighted by atomic mass is 19.1. The lowest BCUT2D eigenvalue weighted by Crippen LogP contribution is -2.47. The van der Waals surface area contributed by atoms with E-state index in [1.807, 2.05) is 12.1 Å². The van der Waals surface area contributed by atoms with Crippen LogP contribution in [-0.2, 0) is 11.3 Å². The Morgan fingerprint density at radius 3 is 2.89 bits per heavy atom. The van der Waals surface area contributed by atoms with Gasteiger partial charge in [-0.3, -0.25) is 4.90 Å². The molecule has 1 aromatic rings. The number of nitrogens with zero attached hydrogens (tertiary/aromatic N) is 1. The molecule has 2 N–H and O–H groups in total. The fraction of sp³-hybridized carbons (Fsp3) is 0.600. The summed E-state index contributed by atoms with van der Waals surface area (Å²) in [5.41, 5.74) is 7.71. The topological polar surface area (TPSA) is 38.5 Å². The summed E-state index contributed by atoms with van der Waals surface area (Å²) < 4.78 is 18.7. The first-order valence-corrected chi connectivity index (χ1v) is 6.86. The van der Waals surface area contributed by atoms with E-state index in [9.17, 15) is 4.39 Å². The zero-order chi connectivity index (χ0) is 13.8. The predicted molar refractivity (Wildman–Crippen MR) is 74.4 cm³/mol. The van der Waals surface area contributed by atoms with Gasteiger partial charge >= 0.3 is 0 Å². The summed E-state index contributed by atoms with van der Waals surface area (Å²) in [7, 11) is 1.76. The van der Waals surface area contributed by atoms with Crippen LogP contribution < -0.4 is 5.73 Å². The Morgan fingerprint density at radius 2 is 2.26 bits per heavy atom. The van der Waals surface area contributed by atoms with Crippen molar-refractivity contribution >= 4 is 0 Å². The number of hydrogen-bond donors (Lipinski definition) is 1. The molecule has 0 aliphatic carbocycles. The van der Waals surface area contributed by atoms with E-state index >= 15 is 0 Å². The number of halogens is 1. The summed E-state index contributed by atoms with van der Waals surface area (Å²) >= 11 is 0. The molecule has 1 heterocycles. The molecule has 1 saturated heterocycles. The molecular formula is C15H23FN2O. The molecule has 1 aliphatic heterocycles. The van der Waals surface area contributed by atoms with Gasteiger partial charge in [0, 0.05) is 32.8 Å². The van der Waals surface area contributed by atoms with Crippen LogP contribution in [0.5, 0.6) is 0 Å². The summed E-state index contributed by atoms with van der Waals surface area (Å²) in [6, 6.07) is 5.68. The maximum atomic E-state index is 13.3. The summed E-state index contributed by atoms with van der Waals surface area (Å²) in [5, 5.41) is 0. The van der Waals surface area contributed by atoms with Crippen molar-refractivity contribution in [2.75, 3.05) is 20.2 Å². The van der Waals surface area contributed by atoms with E-state index in [0.29, 0.717) is 24.3 Å². The highest BCUT2D eigenvalue weighted by Gasteiger charge is 2.27. The molecule has 0 bridgehead atoms. The van der Waals surface area contributed by atoms with Crippen molar-refractivity contribution in [1.82, 2.24) is 4.90 Å². The number of aryl methyl sites for hydroxylation is 1. The molecule has 2 unspecified atom stereocenters. The molecule has 1 aromatic carbocycles. The van der Waals surface area contributed by atoms with Gasteiger partial charge in [-0.15, -0.1) is 0 Å². The van der Waals surface area contributed by atoms with Gasteiger partial charge in [0.15, 0.2) is 0 Å². The fourth-order valence-electron chi connectivity index (χ4n) is 2.77. The average Bonchev–Trinajstić information content (AvgIpc) is 2.43. The number of hydrogen-bond acceptors (Lipinski definition) is 3. The Kier molecular flexibility index (Phi) is 4.91. The van der Waals surface area contributed by atoms with Crippen molar-refractivity contribution in [3.05, 3.63) is 35.1 Å². The highest BCUT2D eigenvalue weighted by molar-refractivity contribution is 5.24. The zero-order valence-corrected chi connectivity index (χ0v) is 11.7. The maximum absolute atomic E-state index is 13.3. The Hall–Kier alpha value is -0.970. The zero-order valence-electron chi connectivity index (χ0n) is 11.7. The van der Waals surface area contributed by atoms with Gasteiger partial charge in [0.05, 0.1) is 6.10 Å². The van der Waals surface area contributed by atoms with E-state index in [2.05, 4.69) is 4.90 Å². The van der Waals surface area contributed by atoms with Crippen molar-refractivity contribution < 1.29 is 9.13 Å². The number of methoxy groups -OCH3 is 1. The number of likely N-dealkylation sites (tertiary alicyclic amines) is 1.